The van der Waals surface area contributed by atoms with Crippen LogP contribution in [0.15, 0.2) is 42.5 Å². The van der Waals surface area contributed by atoms with E-state index < -0.39 is 0 Å². The third-order valence-electron chi connectivity index (χ3n) is 4.28. The van der Waals surface area contributed by atoms with E-state index in [1.807, 2.05) is 55.4 Å². The molecule has 6 heteroatoms. The van der Waals surface area contributed by atoms with Crippen LogP contribution in [0.25, 0.3) is 0 Å². The maximum absolute atomic E-state index is 12.0. The molecule has 0 atom stereocenters. The number of hydrogen-bond donors (Lipinski definition) is 2. The van der Waals surface area contributed by atoms with Gasteiger partial charge in [0.15, 0.2) is 6.61 Å². The van der Waals surface area contributed by atoms with E-state index in [9.17, 15) is 9.59 Å². The van der Waals surface area contributed by atoms with Crippen LogP contribution in [-0.4, -0.2) is 32.5 Å². The first-order chi connectivity index (χ1) is 12.5. The molecule has 2 aromatic carbocycles. The molecule has 0 bridgehead atoms. The highest BCUT2D eigenvalue weighted by atomic mass is 16.5. The van der Waals surface area contributed by atoms with Crippen molar-refractivity contribution in [3.63, 3.8) is 0 Å². The SMILES string of the molecule is CN(C)c1ccc(CNC(=O)COc2ccc3c(c2)CCC(=O)N3)cc1. The zero-order chi connectivity index (χ0) is 18.5. The van der Waals surface area contributed by atoms with E-state index in [-0.39, 0.29) is 18.4 Å². The third-order valence-corrected chi connectivity index (χ3v) is 4.28. The Bertz CT molecular complexity index is 800. The van der Waals surface area contributed by atoms with Crippen LogP contribution in [0.3, 0.4) is 0 Å². The van der Waals surface area contributed by atoms with Crippen LogP contribution in [0, 0.1) is 0 Å². The van der Waals surface area contributed by atoms with Crippen LogP contribution in [0.5, 0.6) is 5.75 Å². The molecule has 0 saturated carbocycles. The summed E-state index contributed by atoms with van der Waals surface area (Å²) in [5.74, 6) is 0.488. The molecule has 0 radical (unpaired) electrons. The van der Waals surface area contributed by atoms with Gasteiger partial charge < -0.3 is 20.3 Å². The van der Waals surface area contributed by atoms with Crippen molar-refractivity contribution in [2.45, 2.75) is 19.4 Å². The van der Waals surface area contributed by atoms with Gasteiger partial charge in [0.05, 0.1) is 0 Å². The predicted molar refractivity (Wildman–Crippen MR) is 102 cm³/mol. The lowest BCUT2D eigenvalue weighted by Crippen LogP contribution is -2.28. The van der Waals surface area contributed by atoms with E-state index >= 15 is 0 Å². The molecule has 3 rings (SSSR count). The number of nitrogens with one attached hydrogen (secondary N) is 2. The van der Waals surface area contributed by atoms with E-state index in [2.05, 4.69) is 10.6 Å². The second kappa shape index (κ2) is 7.91. The summed E-state index contributed by atoms with van der Waals surface area (Å²) in [6.07, 6.45) is 1.16. The van der Waals surface area contributed by atoms with Gasteiger partial charge in [-0.25, -0.2) is 0 Å². The van der Waals surface area contributed by atoms with Crippen molar-refractivity contribution in [1.82, 2.24) is 5.32 Å². The lowest BCUT2D eigenvalue weighted by molar-refractivity contribution is -0.123. The minimum absolute atomic E-state index is 0.0316. The minimum Gasteiger partial charge on any atom is -0.484 e. The zero-order valence-corrected chi connectivity index (χ0v) is 15.0. The number of anilines is 2. The lowest BCUT2D eigenvalue weighted by atomic mass is 10.0. The lowest BCUT2D eigenvalue weighted by Gasteiger charge is -2.17. The molecule has 26 heavy (non-hydrogen) atoms. The summed E-state index contributed by atoms with van der Waals surface area (Å²) in [5, 5.41) is 5.68. The average Bonchev–Trinajstić information content (AvgIpc) is 2.65. The molecule has 1 aliphatic rings. The maximum atomic E-state index is 12.0. The largest absolute Gasteiger partial charge is 0.484 e. The van der Waals surface area contributed by atoms with Gasteiger partial charge in [0.1, 0.15) is 5.75 Å². The van der Waals surface area contributed by atoms with E-state index in [0.29, 0.717) is 25.1 Å². The third kappa shape index (κ3) is 4.53. The molecule has 0 unspecified atom stereocenters. The van der Waals surface area contributed by atoms with Crippen molar-refractivity contribution in [1.29, 1.82) is 0 Å². The highest BCUT2D eigenvalue weighted by molar-refractivity contribution is 5.94. The Morgan fingerprint density at radius 1 is 1.15 bits per heavy atom. The van der Waals surface area contributed by atoms with Crippen LogP contribution in [0.2, 0.25) is 0 Å². The second-order valence-corrected chi connectivity index (χ2v) is 6.49. The Labute approximate surface area is 153 Å². The molecule has 0 spiro atoms. The molecule has 136 valence electrons. The minimum atomic E-state index is -0.173. The monoisotopic (exact) mass is 353 g/mol. The first-order valence-electron chi connectivity index (χ1n) is 8.60. The molecular formula is C20H23N3O3. The first kappa shape index (κ1) is 17.8. The van der Waals surface area contributed by atoms with Gasteiger partial charge in [-0.2, -0.15) is 0 Å². The van der Waals surface area contributed by atoms with Crippen molar-refractivity contribution in [3.05, 3.63) is 53.6 Å². The molecule has 6 nitrogen and oxygen atoms in total. The number of carbonyl (C=O) groups is 2. The van der Waals surface area contributed by atoms with E-state index in [1.54, 1.807) is 6.07 Å². The molecule has 0 aromatic heterocycles. The highest BCUT2D eigenvalue weighted by Gasteiger charge is 2.15. The van der Waals surface area contributed by atoms with Gasteiger partial charge in [-0.05, 0) is 47.9 Å². The molecule has 0 fully saturated rings. The van der Waals surface area contributed by atoms with E-state index in [4.69, 9.17) is 4.74 Å². The Morgan fingerprint density at radius 2 is 1.92 bits per heavy atom. The summed E-state index contributed by atoms with van der Waals surface area (Å²) in [5.41, 5.74) is 4.00. The molecular weight excluding hydrogens is 330 g/mol. The fourth-order valence-corrected chi connectivity index (χ4v) is 2.76. The average molecular weight is 353 g/mol. The van der Waals surface area contributed by atoms with Gasteiger partial charge in [-0.1, -0.05) is 12.1 Å². The fourth-order valence-electron chi connectivity index (χ4n) is 2.76. The summed E-state index contributed by atoms with van der Waals surface area (Å²) in [6.45, 7) is 0.424. The second-order valence-electron chi connectivity index (χ2n) is 6.49. The smallest absolute Gasteiger partial charge is 0.258 e. The maximum Gasteiger partial charge on any atom is 0.258 e. The molecule has 2 amide bonds. The van der Waals surface area contributed by atoms with Gasteiger partial charge in [0, 0.05) is 38.4 Å². The van der Waals surface area contributed by atoms with Gasteiger partial charge in [-0.15, -0.1) is 0 Å². The van der Waals surface area contributed by atoms with Gasteiger partial charge in [0.25, 0.3) is 5.91 Å². The summed E-state index contributed by atoms with van der Waals surface area (Å²) < 4.78 is 5.57. The molecule has 1 heterocycles. The number of benzene rings is 2. The van der Waals surface area contributed by atoms with Gasteiger partial charge >= 0.3 is 0 Å². The number of amides is 2. The summed E-state index contributed by atoms with van der Waals surface area (Å²) in [6, 6.07) is 13.5. The number of hydrogen-bond acceptors (Lipinski definition) is 4. The first-order valence-corrected chi connectivity index (χ1v) is 8.60. The quantitative estimate of drug-likeness (QED) is 0.836. The Morgan fingerprint density at radius 3 is 2.65 bits per heavy atom. The number of fused-ring (bicyclic) bond motifs is 1. The zero-order valence-electron chi connectivity index (χ0n) is 15.0. The molecule has 0 saturated heterocycles. The number of nitrogens with zero attached hydrogens (tertiary/aromatic N) is 1. The van der Waals surface area contributed by atoms with Crippen molar-refractivity contribution in [2.75, 3.05) is 30.9 Å². The molecule has 2 aromatic rings. The van der Waals surface area contributed by atoms with Crippen molar-refractivity contribution in [3.8, 4) is 5.75 Å². The number of carbonyl (C=O) groups excluding carboxylic acids is 2. The molecule has 0 aliphatic carbocycles. The Balaban J connectivity index is 1.47. The van der Waals surface area contributed by atoms with Crippen LogP contribution in [-0.2, 0) is 22.6 Å². The Kier molecular flexibility index (Phi) is 5.41. The summed E-state index contributed by atoms with van der Waals surface area (Å²) in [4.78, 5) is 25.4. The van der Waals surface area contributed by atoms with Crippen LogP contribution < -0.4 is 20.3 Å². The van der Waals surface area contributed by atoms with Crippen molar-refractivity contribution >= 4 is 23.2 Å². The molecule has 2 N–H and O–H groups in total. The van der Waals surface area contributed by atoms with Gasteiger partial charge in [-0.3, -0.25) is 9.59 Å². The van der Waals surface area contributed by atoms with Crippen molar-refractivity contribution < 1.29 is 14.3 Å². The number of rotatable bonds is 6. The Hall–Kier alpha value is -3.02. The number of ether oxygens (including phenoxy) is 1. The number of aryl methyl sites for hydroxylation is 1. The van der Waals surface area contributed by atoms with Crippen LogP contribution in [0.1, 0.15) is 17.5 Å². The highest BCUT2D eigenvalue weighted by Crippen LogP contribution is 2.26. The van der Waals surface area contributed by atoms with Gasteiger partial charge in [0.2, 0.25) is 5.91 Å². The van der Waals surface area contributed by atoms with Crippen LogP contribution in [0.4, 0.5) is 11.4 Å². The summed E-state index contributed by atoms with van der Waals surface area (Å²) in [7, 11) is 3.98. The standard InChI is InChI=1S/C20H23N3O3/c1-23(2)16-6-3-14(4-7-16)12-21-20(25)13-26-17-8-9-18-15(11-17)5-10-19(24)22-18/h3-4,6-9,11H,5,10,12-13H2,1-2H3,(H,21,25)(H,22,24). The van der Waals surface area contributed by atoms with Crippen molar-refractivity contribution in [2.24, 2.45) is 0 Å². The summed E-state index contributed by atoms with van der Waals surface area (Å²) >= 11 is 0. The normalized spacial score (nSPS) is 12.8. The fraction of sp³-hybridized carbons (Fsp3) is 0.300. The predicted octanol–water partition coefficient (Wildman–Crippen LogP) is 2.33. The topological polar surface area (TPSA) is 70.7 Å². The van der Waals surface area contributed by atoms with Crippen LogP contribution >= 0.6 is 0 Å². The van der Waals surface area contributed by atoms with E-state index in [0.717, 1.165) is 22.5 Å². The van der Waals surface area contributed by atoms with E-state index in [1.165, 1.54) is 0 Å². The molecule has 1 aliphatic heterocycles.